The van der Waals surface area contributed by atoms with E-state index in [1.54, 1.807) is 36.4 Å². The molecule has 0 saturated carbocycles. The van der Waals surface area contributed by atoms with Crippen LogP contribution < -0.4 is 21.3 Å². The van der Waals surface area contributed by atoms with E-state index in [1.807, 2.05) is 10.9 Å². The van der Waals surface area contributed by atoms with Gasteiger partial charge in [0.15, 0.2) is 5.69 Å². The van der Waals surface area contributed by atoms with Crippen LogP contribution >= 0.6 is 12.4 Å². The largest absolute Gasteiger partial charge is 0.334 e. The van der Waals surface area contributed by atoms with E-state index < -0.39 is 0 Å². The molecule has 3 amide bonds. The molecule has 1 atom stereocenters. The molecule has 1 aromatic carbocycles. The molecule has 150 valence electrons. The summed E-state index contributed by atoms with van der Waals surface area (Å²) in [7, 11) is 0. The molecule has 3 rings (SSSR count). The van der Waals surface area contributed by atoms with E-state index in [4.69, 9.17) is 0 Å². The number of hydrogen-bond acceptors (Lipinski definition) is 4. The van der Waals surface area contributed by atoms with E-state index in [1.165, 1.54) is 0 Å². The predicted octanol–water partition coefficient (Wildman–Crippen LogP) is 2.79. The standard InChI is InChI=1S/C19H24N6O2.ClH/c1-2-10-21-19(27)23-15-7-5-14(6-8-15)22-18(26)17-9-12-25(24-17)16-4-3-11-20-13-16;/h2,5-9,12,16,20H,1,3-4,10-11,13H2,(H,22,26)(H2,21,23,27);1H. The third-order valence-corrected chi connectivity index (χ3v) is 4.29. The van der Waals surface area contributed by atoms with Crippen LogP contribution in [0, 0.1) is 0 Å². The Hall–Kier alpha value is -2.84. The number of anilines is 2. The van der Waals surface area contributed by atoms with Crippen LogP contribution in [-0.2, 0) is 0 Å². The third kappa shape index (κ3) is 5.83. The van der Waals surface area contributed by atoms with Crippen LogP contribution in [0.5, 0.6) is 0 Å². The Morgan fingerprint density at radius 2 is 1.93 bits per heavy atom. The Bertz CT molecular complexity index is 799. The topological polar surface area (TPSA) is 100 Å². The SMILES string of the molecule is C=CCNC(=O)Nc1ccc(NC(=O)c2ccn(C3CCCNC3)n2)cc1.Cl. The molecule has 1 unspecified atom stereocenters. The second-order valence-corrected chi connectivity index (χ2v) is 6.34. The number of halogens is 1. The van der Waals surface area contributed by atoms with Crippen LogP contribution in [0.3, 0.4) is 0 Å². The summed E-state index contributed by atoms with van der Waals surface area (Å²) in [5, 5.41) is 15.9. The highest BCUT2D eigenvalue weighted by Gasteiger charge is 2.17. The Labute approximate surface area is 170 Å². The molecule has 2 heterocycles. The zero-order chi connectivity index (χ0) is 19.1. The summed E-state index contributed by atoms with van der Waals surface area (Å²) >= 11 is 0. The van der Waals surface area contributed by atoms with E-state index in [2.05, 4.69) is 32.9 Å². The molecular formula is C19H25ClN6O2. The summed E-state index contributed by atoms with van der Waals surface area (Å²) in [6, 6.07) is 8.59. The maximum atomic E-state index is 12.4. The first-order valence-corrected chi connectivity index (χ1v) is 8.99. The second-order valence-electron chi connectivity index (χ2n) is 6.34. The normalized spacial score (nSPS) is 15.8. The van der Waals surface area contributed by atoms with Gasteiger partial charge < -0.3 is 21.3 Å². The minimum atomic E-state index is -0.311. The van der Waals surface area contributed by atoms with Gasteiger partial charge in [-0.2, -0.15) is 5.10 Å². The van der Waals surface area contributed by atoms with Crippen molar-refractivity contribution in [2.45, 2.75) is 18.9 Å². The lowest BCUT2D eigenvalue weighted by Gasteiger charge is -2.22. The number of amides is 3. The van der Waals surface area contributed by atoms with Crippen molar-refractivity contribution in [3.05, 3.63) is 54.9 Å². The average molecular weight is 405 g/mol. The third-order valence-electron chi connectivity index (χ3n) is 4.29. The molecule has 1 fully saturated rings. The van der Waals surface area contributed by atoms with Gasteiger partial charge in [-0.3, -0.25) is 9.48 Å². The number of benzene rings is 1. The maximum Gasteiger partial charge on any atom is 0.319 e. The van der Waals surface area contributed by atoms with E-state index >= 15 is 0 Å². The highest BCUT2D eigenvalue weighted by Crippen LogP contribution is 2.17. The molecule has 4 N–H and O–H groups in total. The molecule has 8 nitrogen and oxygen atoms in total. The van der Waals surface area contributed by atoms with Gasteiger partial charge in [-0.1, -0.05) is 6.08 Å². The van der Waals surface area contributed by atoms with Gasteiger partial charge in [0.05, 0.1) is 6.04 Å². The molecule has 0 radical (unpaired) electrons. The number of nitrogens with one attached hydrogen (secondary N) is 4. The zero-order valence-electron chi connectivity index (χ0n) is 15.5. The van der Waals surface area contributed by atoms with Gasteiger partial charge in [0.2, 0.25) is 0 Å². The lowest BCUT2D eigenvalue weighted by atomic mass is 10.1. The molecule has 0 bridgehead atoms. The molecule has 0 aliphatic carbocycles. The number of rotatable bonds is 6. The highest BCUT2D eigenvalue weighted by molar-refractivity contribution is 6.03. The van der Waals surface area contributed by atoms with Gasteiger partial charge in [0, 0.05) is 30.7 Å². The summed E-state index contributed by atoms with van der Waals surface area (Å²) in [6.07, 6.45) is 5.62. The molecule has 1 aliphatic rings. The van der Waals surface area contributed by atoms with E-state index in [9.17, 15) is 9.59 Å². The van der Waals surface area contributed by atoms with Crippen LogP contribution in [0.2, 0.25) is 0 Å². The number of carbonyl (C=O) groups is 2. The Balaban J connectivity index is 0.00000280. The molecule has 9 heteroatoms. The number of aromatic nitrogens is 2. The smallest absolute Gasteiger partial charge is 0.319 e. The minimum absolute atomic E-state index is 0. The van der Waals surface area contributed by atoms with Crippen molar-refractivity contribution < 1.29 is 9.59 Å². The van der Waals surface area contributed by atoms with Crippen molar-refractivity contribution in [1.29, 1.82) is 0 Å². The van der Waals surface area contributed by atoms with Crippen molar-refractivity contribution in [2.75, 3.05) is 30.3 Å². The molecule has 28 heavy (non-hydrogen) atoms. The van der Waals surface area contributed by atoms with Crippen molar-refractivity contribution in [1.82, 2.24) is 20.4 Å². The van der Waals surface area contributed by atoms with Gasteiger partial charge in [-0.05, 0) is 49.7 Å². The zero-order valence-corrected chi connectivity index (χ0v) is 16.3. The number of carbonyl (C=O) groups excluding carboxylic acids is 2. The van der Waals surface area contributed by atoms with Gasteiger partial charge in [-0.25, -0.2) is 4.79 Å². The predicted molar refractivity (Wildman–Crippen MR) is 112 cm³/mol. The summed E-state index contributed by atoms with van der Waals surface area (Å²) in [4.78, 5) is 24.0. The quantitative estimate of drug-likeness (QED) is 0.556. The Morgan fingerprint density at radius 3 is 2.57 bits per heavy atom. The fourth-order valence-electron chi connectivity index (χ4n) is 2.89. The maximum absolute atomic E-state index is 12.4. The van der Waals surface area contributed by atoms with Gasteiger partial charge in [-0.15, -0.1) is 19.0 Å². The fraction of sp³-hybridized carbons (Fsp3) is 0.316. The van der Waals surface area contributed by atoms with Crippen LogP contribution in [0.15, 0.2) is 49.2 Å². The Morgan fingerprint density at radius 1 is 1.21 bits per heavy atom. The second kappa shape index (κ2) is 10.5. The van der Waals surface area contributed by atoms with E-state index in [-0.39, 0.29) is 30.4 Å². The summed E-state index contributed by atoms with van der Waals surface area (Å²) in [5.41, 5.74) is 1.64. The van der Waals surface area contributed by atoms with Crippen molar-refractivity contribution in [3.8, 4) is 0 Å². The van der Waals surface area contributed by atoms with Gasteiger partial charge in [0.1, 0.15) is 0 Å². The van der Waals surface area contributed by atoms with Crippen molar-refractivity contribution in [2.24, 2.45) is 0 Å². The number of urea groups is 1. The van der Waals surface area contributed by atoms with Crippen molar-refractivity contribution >= 4 is 35.7 Å². The summed E-state index contributed by atoms with van der Waals surface area (Å²) in [5.74, 6) is -0.262. The number of piperidine rings is 1. The summed E-state index contributed by atoms with van der Waals surface area (Å²) < 4.78 is 1.86. The molecule has 1 saturated heterocycles. The first-order chi connectivity index (χ1) is 13.2. The lowest BCUT2D eigenvalue weighted by molar-refractivity contribution is 0.102. The van der Waals surface area contributed by atoms with Crippen LogP contribution in [-0.4, -0.2) is 41.4 Å². The highest BCUT2D eigenvalue weighted by atomic mass is 35.5. The first kappa shape index (κ1) is 21.5. The number of hydrogen-bond donors (Lipinski definition) is 4. The average Bonchev–Trinajstić information content (AvgIpc) is 3.19. The van der Waals surface area contributed by atoms with E-state index in [0.29, 0.717) is 23.6 Å². The molecule has 1 aromatic heterocycles. The molecule has 2 aromatic rings. The van der Waals surface area contributed by atoms with Crippen molar-refractivity contribution in [3.63, 3.8) is 0 Å². The van der Waals surface area contributed by atoms with Crippen LogP contribution in [0.4, 0.5) is 16.2 Å². The van der Waals surface area contributed by atoms with Gasteiger partial charge in [0.25, 0.3) is 5.91 Å². The summed E-state index contributed by atoms with van der Waals surface area (Å²) in [6.45, 7) is 5.84. The molecular weight excluding hydrogens is 380 g/mol. The monoisotopic (exact) mass is 404 g/mol. The molecule has 1 aliphatic heterocycles. The Kier molecular flexibility index (Phi) is 8.03. The number of nitrogens with zero attached hydrogens (tertiary/aromatic N) is 2. The first-order valence-electron chi connectivity index (χ1n) is 8.99. The molecule has 0 spiro atoms. The van der Waals surface area contributed by atoms with Gasteiger partial charge >= 0.3 is 6.03 Å². The van der Waals surface area contributed by atoms with Crippen LogP contribution in [0.25, 0.3) is 0 Å². The van der Waals surface area contributed by atoms with E-state index in [0.717, 1.165) is 25.9 Å². The fourth-order valence-corrected chi connectivity index (χ4v) is 2.89. The van der Waals surface area contributed by atoms with Crippen LogP contribution in [0.1, 0.15) is 29.4 Å². The lowest BCUT2D eigenvalue weighted by Crippen LogP contribution is -2.32. The minimum Gasteiger partial charge on any atom is -0.334 e.